The molecular formula is C17H18BrFO2. The summed E-state index contributed by atoms with van der Waals surface area (Å²) < 4.78 is 19.1. The number of ether oxygens (including phenoxy) is 1. The minimum Gasteiger partial charge on any atom is -0.494 e. The average Bonchev–Trinajstić information content (AvgIpc) is 2.49. The van der Waals surface area contributed by atoms with Crippen molar-refractivity contribution in [2.24, 2.45) is 0 Å². The Balaban J connectivity index is 2.02. The lowest BCUT2D eigenvalue weighted by Gasteiger charge is -2.12. The lowest BCUT2D eigenvalue weighted by molar-refractivity contribution is 0.178. The second kappa shape index (κ2) is 7.57. The van der Waals surface area contributed by atoms with Crippen LogP contribution in [0.15, 0.2) is 46.9 Å². The van der Waals surface area contributed by atoms with Gasteiger partial charge in [-0.3, -0.25) is 0 Å². The van der Waals surface area contributed by atoms with Crippen molar-refractivity contribution < 1.29 is 14.2 Å². The molecule has 1 N–H and O–H groups in total. The van der Waals surface area contributed by atoms with Crippen LogP contribution in [-0.2, 0) is 6.42 Å². The fourth-order valence-electron chi connectivity index (χ4n) is 2.01. The fraction of sp³-hybridized carbons (Fsp3) is 0.294. The fourth-order valence-corrected chi connectivity index (χ4v) is 2.44. The maximum atomic E-state index is 13.2. The molecule has 0 bridgehead atoms. The molecule has 0 aliphatic rings. The van der Waals surface area contributed by atoms with Crippen LogP contribution in [0.2, 0.25) is 0 Å². The van der Waals surface area contributed by atoms with Gasteiger partial charge in [-0.05, 0) is 57.7 Å². The van der Waals surface area contributed by atoms with Crippen molar-refractivity contribution in [2.75, 3.05) is 6.61 Å². The predicted molar refractivity (Wildman–Crippen MR) is 85.0 cm³/mol. The van der Waals surface area contributed by atoms with Crippen LogP contribution in [0.3, 0.4) is 0 Å². The molecule has 2 nitrogen and oxygen atoms in total. The lowest BCUT2D eigenvalue weighted by Crippen LogP contribution is -2.02. The summed E-state index contributed by atoms with van der Waals surface area (Å²) in [7, 11) is 0. The van der Waals surface area contributed by atoms with Crippen LogP contribution in [0.25, 0.3) is 0 Å². The molecule has 0 spiro atoms. The molecule has 21 heavy (non-hydrogen) atoms. The minimum absolute atomic E-state index is 0.300. The zero-order valence-corrected chi connectivity index (χ0v) is 13.4. The maximum Gasteiger partial charge on any atom is 0.137 e. The molecule has 4 heteroatoms. The van der Waals surface area contributed by atoms with Crippen molar-refractivity contribution >= 4 is 15.9 Å². The van der Waals surface area contributed by atoms with Crippen LogP contribution in [0.5, 0.6) is 5.75 Å². The van der Waals surface area contributed by atoms with Crippen molar-refractivity contribution in [1.29, 1.82) is 0 Å². The summed E-state index contributed by atoms with van der Waals surface area (Å²) in [5.41, 5.74) is 1.70. The highest BCUT2D eigenvalue weighted by atomic mass is 79.9. The van der Waals surface area contributed by atoms with Crippen molar-refractivity contribution in [3.05, 3.63) is 63.9 Å². The number of aliphatic hydroxyl groups excluding tert-OH is 1. The third-order valence-corrected chi connectivity index (χ3v) is 3.76. The lowest BCUT2D eigenvalue weighted by atomic mass is 10.0. The molecule has 0 saturated carbocycles. The van der Waals surface area contributed by atoms with E-state index in [4.69, 9.17) is 4.74 Å². The third-order valence-electron chi connectivity index (χ3n) is 3.15. The van der Waals surface area contributed by atoms with Gasteiger partial charge < -0.3 is 9.84 Å². The van der Waals surface area contributed by atoms with E-state index >= 15 is 0 Å². The van der Waals surface area contributed by atoms with E-state index in [0.717, 1.165) is 23.3 Å². The first-order valence-electron chi connectivity index (χ1n) is 6.95. The molecule has 112 valence electrons. The van der Waals surface area contributed by atoms with Crippen LogP contribution in [0, 0.1) is 5.82 Å². The number of halogens is 2. The van der Waals surface area contributed by atoms with Gasteiger partial charge in [-0.1, -0.05) is 25.1 Å². The highest BCUT2D eigenvalue weighted by Gasteiger charge is 2.10. The summed E-state index contributed by atoms with van der Waals surface area (Å²) in [6.07, 6.45) is 0.778. The van der Waals surface area contributed by atoms with Gasteiger partial charge in [-0.15, -0.1) is 0 Å². The van der Waals surface area contributed by atoms with E-state index in [1.807, 2.05) is 24.3 Å². The standard InChI is InChI=1S/C17H18BrFO2/c1-2-9-21-14-6-4-13(5-7-14)17(20)11-12-3-8-16(19)15(18)10-12/h3-8,10,17,20H,2,9,11H2,1H3. The number of hydrogen-bond donors (Lipinski definition) is 1. The number of aliphatic hydroxyl groups is 1. The van der Waals surface area contributed by atoms with Crippen molar-refractivity contribution in [2.45, 2.75) is 25.9 Å². The highest BCUT2D eigenvalue weighted by Crippen LogP contribution is 2.24. The molecule has 2 aromatic rings. The van der Waals surface area contributed by atoms with E-state index in [0.29, 0.717) is 17.5 Å². The van der Waals surface area contributed by atoms with Gasteiger partial charge in [0.2, 0.25) is 0 Å². The summed E-state index contributed by atoms with van der Waals surface area (Å²) in [6, 6.07) is 12.2. The van der Waals surface area contributed by atoms with Crippen molar-refractivity contribution in [1.82, 2.24) is 0 Å². The zero-order chi connectivity index (χ0) is 15.2. The Morgan fingerprint density at radius 2 is 1.90 bits per heavy atom. The van der Waals surface area contributed by atoms with Crippen LogP contribution < -0.4 is 4.74 Å². The zero-order valence-electron chi connectivity index (χ0n) is 11.9. The van der Waals surface area contributed by atoms with Gasteiger partial charge in [0.15, 0.2) is 0 Å². The molecule has 0 heterocycles. The SMILES string of the molecule is CCCOc1ccc(C(O)Cc2ccc(F)c(Br)c2)cc1. The quantitative estimate of drug-likeness (QED) is 0.819. The summed E-state index contributed by atoms with van der Waals surface area (Å²) in [5, 5.41) is 10.3. The smallest absolute Gasteiger partial charge is 0.137 e. The Morgan fingerprint density at radius 3 is 2.52 bits per heavy atom. The van der Waals surface area contributed by atoms with Gasteiger partial charge in [0.1, 0.15) is 11.6 Å². The summed E-state index contributed by atoms with van der Waals surface area (Å²) in [4.78, 5) is 0. The van der Waals surface area contributed by atoms with Gasteiger partial charge in [0, 0.05) is 6.42 Å². The molecule has 0 amide bonds. The van der Waals surface area contributed by atoms with Crippen LogP contribution in [-0.4, -0.2) is 11.7 Å². The van der Waals surface area contributed by atoms with Gasteiger partial charge in [0.25, 0.3) is 0 Å². The summed E-state index contributed by atoms with van der Waals surface area (Å²) >= 11 is 3.15. The first-order valence-corrected chi connectivity index (χ1v) is 7.74. The van der Waals surface area contributed by atoms with E-state index in [2.05, 4.69) is 22.9 Å². The number of benzene rings is 2. The Kier molecular flexibility index (Phi) is 5.76. The molecule has 2 aromatic carbocycles. The first-order chi connectivity index (χ1) is 10.1. The Bertz CT molecular complexity index is 584. The Morgan fingerprint density at radius 1 is 1.19 bits per heavy atom. The summed E-state index contributed by atoms with van der Waals surface area (Å²) in [6.45, 7) is 2.74. The molecule has 1 unspecified atom stereocenters. The second-order valence-corrected chi connectivity index (χ2v) is 5.74. The monoisotopic (exact) mass is 352 g/mol. The molecule has 1 atom stereocenters. The maximum absolute atomic E-state index is 13.2. The van der Waals surface area contributed by atoms with Crippen LogP contribution in [0.4, 0.5) is 4.39 Å². The minimum atomic E-state index is -0.623. The highest BCUT2D eigenvalue weighted by molar-refractivity contribution is 9.10. The van der Waals surface area contributed by atoms with Crippen LogP contribution >= 0.6 is 15.9 Å². The van der Waals surface area contributed by atoms with E-state index in [-0.39, 0.29) is 5.82 Å². The van der Waals surface area contributed by atoms with Gasteiger partial charge in [-0.2, -0.15) is 0 Å². The number of hydrogen-bond acceptors (Lipinski definition) is 2. The molecule has 0 fully saturated rings. The van der Waals surface area contributed by atoms with E-state index in [1.165, 1.54) is 6.07 Å². The molecule has 0 aliphatic heterocycles. The molecular weight excluding hydrogens is 335 g/mol. The van der Waals surface area contributed by atoms with Crippen LogP contribution in [0.1, 0.15) is 30.6 Å². The Hall–Kier alpha value is -1.39. The normalized spacial score (nSPS) is 12.2. The van der Waals surface area contributed by atoms with Gasteiger partial charge in [0.05, 0.1) is 17.2 Å². The molecule has 0 radical (unpaired) electrons. The molecule has 0 saturated heterocycles. The topological polar surface area (TPSA) is 29.5 Å². The third kappa shape index (κ3) is 4.55. The molecule has 2 rings (SSSR count). The van der Waals surface area contributed by atoms with E-state index < -0.39 is 6.10 Å². The summed E-state index contributed by atoms with van der Waals surface area (Å²) in [5.74, 6) is 0.503. The Labute approximate surface area is 132 Å². The van der Waals surface area contributed by atoms with Crippen molar-refractivity contribution in [3.63, 3.8) is 0 Å². The predicted octanol–water partition coefficient (Wildman–Crippen LogP) is 4.65. The largest absolute Gasteiger partial charge is 0.494 e. The van der Waals surface area contributed by atoms with Gasteiger partial charge >= 0.3 is 0 Å². The second-order valence-electron chi connectivity index (χ2n) is 4.89. The first kappa shape index (κ1) is 16.0. The number of rotatable bonds is 6. The van der Waals surface area contributed by atoms with Crippen molar-refractivity contribution in [3.8, 4) is 5.75 Å². The van der Waals surface area contributed by atoms with E-state index in [9.17, 15) is 9.50 Å². The molecule has 0 aliphatic carbocycles. The molecule has 0 aromatic heterocycles. The van der Waals surface area contributed by atoms with Gasteiger partial charge in [-0.25, -0.2) is 4.39 Å². The van der Waals surface area contributed by atoms with E-state index in [1.54, 1.807) is 12.1 Å². The average molecular weight is 353 g/mol.